The first-order valence-electron chi connectivity index (χ1n) is 6.91. The van der Waals surface area contributed by atoms with Gasteiger partial charge in [0.15, 0.2) is 5.82 Å². The Kier molecular flexibility index (Phi) is 4.68. The van der Waals surface area contributed by atoms with Gasteiger partial charge in [-0.1, -0.05) is 11.6 Å². The maximum atomic E-state index is 12.2. The highest BCUT2D eigenvalue weighted by Gasteiger charge is 2.14. The minimum atomic E-state index is -3.74. The third-order valence-corrected chi connectivity index (χ3v) is 4.67. The van der Waals surface area contributed by atoms with Crippen molar-refractivity contribution in [3.63, 3.8) is 0 Å². The van der Waals surface area contributed by atoms with Crippen LogP contribution in [0.3, 0.4) is 0 Å². The Balaban J connectivity index is 1.66. The number of nitrogens with zero attached hydrogens (tertiary/aromatic N) is 2. The molecule has 2 aromatic heterocycles. The Morgan fingerprint density at radius 1 is 1.00 bits per heavy atom. The number of halogens is 1. The lowest BCUT2D eigenvalue weighted by Gasteiger charge is -2.08. The number of furan rings is 1. The van der Waals surface area contributed by atoms with Gasteiger partial charge in [0, 0.05) is 5.02 Å². The van der Waals surface area contributed by atoms with Gasteiger partial charge in [-0.15, -0.1) is 10.2 Å². The summed E-state index contributed by atoms with van der Waals surface area (Å²) in [6, 6.07) is 12.6. The summed E-state index contributed by atoms with van der Waals surface area (Å²) >= 11 is 5.75. The Bertz CT molecular complexity index is 895. The summed E-state index contributed by atoms with van der Waals surface area (Å²) in [5.41, 5.74) is 0. The molecule has 0 spiro atoms. The molecule has 2 N–H and O–H groups in total. The molecule has 2 heterocycles. The summed E-state index contributed by atoms with van der Waals surface area (Å²) in [7, 11) is -3.74. The van der Waals surface area contributed by atoms with E-state index in [1.54, 1.807) is 18.4 Å². The number of nitrogens with one attached hydrogen (secondary N) is 2. The molecule has 0 atom stereocenters. The molecule has 0 saturated heterocycles. The van der Waals surface area contributed by atoms with E-state index in [-0.39, 0.29) is 10.7 Å². The van der Waals surface area contributed by atoms with Gasteiger partial charge in [-0.3, -0.25) is 4.72 Å². The summed E-state index contributed by atoms with van der Waals surface area (Å²) in [6.45, 7) is 0.456. The highest BCUT2D eigenvalue weighted by molar-refractivity contribution is 7.92. The first-order valence-corrected chi connectivity index (χ1v) is 8.77. The van der Waals surface area contributed by atoms with E-state index in [1.165, 1.54) is 30.3 Å². The molecular formula is C15H13ClN4O3S. The zero-order valence-corrected chi connectivity index (χ0v) is 13.9. The van der Waals surface area contributed by atoms with Crippen molar-refractivity contribution in [2.75, 3.05) is 10.0 Å². The first-order chi connectivity index (χ1) is 11.5. The monoisotopic (exact) mass is 364 g/mol. The average Bonchev–Trinajstić information content (AvgIpc) is 3.08. The van der Waals surface area contributed by atoms with Crippen molar-refractivity contribution in [3.8, 4) is 0 Å². The summed E-state index contributed by atoms with van der Waals surface area (Å²) in [5, 5.41) is 11.2. The molecule has 0 fully saturated rings. The van der Waals surface area contributed by atoms with Crippen LogP contribution in [0.15, 0.2) is 64.1 Å². The van der Waals surface area contributed by atoms with Crippen LogP contribution in [0.4, 0.5) is 11.6 Å². The Labute approximate surface area is 143 Å². The van der Waals surface area contributed by atoms with Gasteiger partial charge in [-0.25, -0.2) is 8.42 Å². The normalized spacial score (nSPS) is 11.2. The smallest absolute Gasteiger partial charge is 0.263 e. The number of anilines is 2. The Morgan fingerprint density at radius 2 is 1.71 bits per heavy atom. The fourth-order valence-electron chi connectivity index (χ4n) is 1.88. The summed E-state index contributed by atoms with van der Waals surface area (Å²) in [4.78, 5) is 0.0914. The van der Waals surface area contributed by atoms with Crippen LogP contribution in [0.25, 0.3) is 0 Å². The van der Waals surface area contributed by atoms with Crippen LogP contribution < -0.4 is 10.0 Å². The number of hydrogen-bond donors (Lipinski definition) is 2. The van der Waals surface area contributed by atoms with Gasteiger partial charge in [0.05, 0.1) is 17.7 Å². The van der Waals surface area contributed by atoms with Crippen molar-refractivity contribution in [1.29, 1.82) is 0 Å². The summed E-state index contributed by atoms with van der Waals surface area (Å²) in [6.07, 6.45) is 1.58. The predicted molar refractivity (Wildman–Crippen MR) is 90.3 cm³/mol. The van der Waals surface area contributed by atoms with Gasteiger partial charge in [-0.2, -0.15) is 0 Å². The molecule has 0 aliphatic heterocycles. The zero-order chi connectivity index (χ0) is 17.0. The third kappa shape index (κ3) is 4.03. The van der Waals surface area contributed by atoms with Gasteiger partial charge < -0.3 is 9.73 Å². The largest absolute Gasteiger partial charge is 0.467 e. The minimum Gasteiger partial charge on any atom is -0.467 e. The molecule has 9 heteroatoms. The van der Waals surface area contributed by atoms with Gasteiger partial charge in [0.2, 0.25) is 0 Å². The fraction of sp³-hybridized carbons (Fsp3) is 0.0667. The maximum absolute atomic E-state index is 12.2. The number of aromatic nitrogens is 2. The van der Waals surface area contributed by atoms with E-state index in [1.807, 2.05) is 6.07 Å². The summed E-state index contributed by atoms with van der Waals surface area (Å²) < 4.78 is 32.0. The molecule has 24 heavy (non-hydrogen) atoms. The minimum absolute atomic E-state index is 0.0914. The van der Waals surface area contributed by atoms with Crippen LogP contribution in [0.2, 0.25) is 5.02 Å². The predicted octanol–water partition coefficient (Wildman–Crippen LogP) is 3.14. The Hall–Kier alpha value is -2.58. The molecule has 0 bridgehead atoms. The second kappa shape index (κ2) is 6.90. The quantitative estimate of drug-likeness (QED) is 0.697. The first kappa shape index (κ1) is 16.3. The molecule has 3 rings (SSSR count). The second-order valence-corrected chi connectivity index (χ2v) is 6.91. The van der Waals surface area contributed by atoms with Crippen LogP contribution in [0.5, 0.6) is 0 Å². The highest BCUT2D eigenvalue weighted by Crippen LogP contribution is 2.17. The van der Waals surface area contributed by atoms with E-state index in [0.717, 1.165) is 5.76 Å². The number of rotatable bonds is 6. The molecule has 0 aliphatic rings. The molecule has 124 valence electrons. The van der Waals surface area contributed by atoms with E-state index < -0.39 is 10.0 Å². The van der Waals surface area contributed by atoms with Crippen LogP contribution >= 0.6 is 11.6 Å². The molecule has 0 radical (unpaired) electrons. The van der Waals surface area contributed by atoms with Crippen LogP contribution in [-0.4, -0.2) is 18.6 Å². The van der Waals surface area contributed by atoms with E-state index in [9.17, 15) is 8.42 Å². The van der Waals surface area contributed by atoms with E-state index >= 15 is 0 Å². The van der Waals surface area contributed by atoms with Crippen molar-refractivity contribution in [3.05, 3.63) is 65.6 Å². The van der Waals surface area contributed by atoms with Gasteiger partial charge in [0.1, 0.15) is 11.6 Å². The molecular weight excluding hydrogens is 352 g/mol. The standard InChI is InChI=1S/C15H13ClN4O3S/c16-11-3-5-13(6-4-11)24(21,22)20-15-8-7-14(18-19-15)17-10-12-2-1-9-23-12/h1-9H,10H2,(H,17,18)(H,19,20). The summed E-state index contributed by atoms with van der Waals surface area (Å²) in [5.74, 6) is 1.37. The Morgan fingerprint density at radius 3 is 2.33 bits per heavy atom. The van der Waals surface area contributed by atoms with Crippen molar-refractivity contribution in [2.45, 2.75) is 11.4 Å². The average molecular weight is 365 g/mol. The van der Waals surface area contributed by atoms with Crippen molar-refractivity contribution >= 4 is 33.3 Å². The molecule has 0 aliphatic carbocycles. The highest BCUT2D eigenvalue weighted by atomic mass is 35.5. The third-order valence-electron chi connectivity index (χ3n) is 3.05. The number of sulfonamides is 1. The lowest BCUT2D eigenvalue weighted by atomic mass is 10.4. The van der Waals surface area contributed by atoms with Crippen LogP contribution in [-0.2, 0) is 16.6 Å². The molecule has 3 aromatic rings. The number of hydrogen-bond acceptors (Lipinski definition) is 6. The zero-order valence-electron chi connectivity index (χ0n) is 12.3. The van der Waals surface area contributed by atoms with Crippen LogP contribution in [0.1, 0.15) is 5.76 Å². The molecule has 0 amide bonds. The van der Waals surface area contributed by atoms with Gasteiger partial charge in [0.25, 0.3) is 10.0 Å². The van der Waals surface area contributed by atoms with Crippen molar-refractivity contribution < 1.29 is 12.8 Å². The van der Waals surface area contributed by atoms with Crippen LogP contribution in [0, 0.1) is 0 Å². The van der Waals surface area contributed by atoms with E-state index in [2.05, 4.69) is 20.2 Å². The topological polar surface area (TPSA) is 97.1 Å². The molecule has 1 aromatic carbocycles. The second-order valence-electron chi connectivity index (χ2n) is 4.80. The van der Waals surface area contributed by atoms with E-state index in [4.69, 9.17) is 16.0 Å². The fourth-order valence-corrected chi connectivity index (χ4v) is 3.00. The van der Waals surface area contributed by atoms with E-state index in [0.29, 0.717) is 17.4 Å². The molecule has 0 unspecified atom stereocenters. The molecule has 7 nitrogen and oxygen atoms in total. The number of benzene rings is 1. The lowest BCUT2D eigenvalue weighted by molar-refractivity contribution is 0.517. The van der Waals surface area contributed by atoms with Crippen molar-refractivity contribution in [1.82, 2.24) is 10.2 Å². The van der Waals surface area contributed by atoms with Gasteiger partial charge in [-0.05, 0) is 48.5 Å². The lowest BCUT2D eigenvalue weighted by Crippen LogP contribution is -2.14. The SMILES string of the molecule is O=S(=O)(Nc1ccc(NCc2ccco2)nn1)c1ccc(Cl)cc1. The maximum Gasteiger partial charge on any atom is 0.263 e. The van der Waals surface area contributed by atoms with Gasteiger partial charge >= 0.3 is 0 Å². The molecule has 0 saturated carbocycles. The van der Waals surface area contributed by atoms with Crippen molar-refractivity contribution in [2.24, 2.45) is 0 Å².